The van der Waals surface area contributed by atoms with Crippen LogP contribution >= 0.6 is 0 Å². The molecule has 5 aliphatic carbocycles. The van der Waals surface area contributed by atoms with Gasteiger partial charge in [0, 0.05) is 76.0 Å². The van der Waals surface area contributed by atoms with E-state index in [0.717, 1.165) is 38.6 Å². The minimum Gasteiger partial charge on any atom is -0.455 e. The Kier molecular flexibility index (Phi) is 15.9. The molecule has 7 rings (SSSR count). The molecule has 6 aliphatic rings. The van der Waals surface area contributed by atoms with Gasteiger partial charge in [0.25, 0.3) is 0 Å². The molecule has 1 aromatic rings. The lowest BCUT2D eigenvalue weighted by Gasteiger charge is -2.69. The molecule has 1 aromatic carbocycles. The molecule has 6 fully saturated rings. The lowest BCUT2D eigenvalue weighted by molar-refractivity contribution is -0.317. The first-order valence-electron chi connectivity index (χ1n) is 24.7. The number of fused-ring (bicyclic) bond motifs is 2. The van der Waals surface area contributed by atoms with Gasteiger partial charge in [0.05, 0.1) is 24.4 Å². The summed E-state index contributed by atoms with van der Waals surface area (Å²) in [7, 11) is 8.83. The van der Waals surface area contributed by atoms with Gasteiger partial charge in [-0.25, -0.2) is 4.79 Å². The van der Waals surface area contributed by atoms with Crippen LogP contribution in [0.25, 0.3) is 0 Å². The zero-order valence-electron chi connectivity index (χ0n) is 39.0. The highest BCUT2D eigenvalue weighted by molar-refractivity contribution is 5.89. The molecular weight excluding hydrogens is 787 g/mol. The topological polar surface area (TPSA) is 133 Å². The first kappa shape index (κ1) is 47.8. The van der Waals surface area contributed by atoms with Crippen LogP contribution in [0.5, 0.6) is 0 Å². The second-order valence-corrected chi connectivity index (χ2v) is 20.5. The van der Waals surface area contributed by atoms with Crippen molar-refractivity contribution in [1.29, 1.82) is 0 Å². The maximum Gasteiger partial charge on any atom is 0.338 e. The van der Waals surface area contributed by atoms with Crippen molar-refractivity contribution in [2.45, 2.75) is 190 Å². The third-order valence-electron chi connectivity index (χ3n) is 17.2. The molecule has 0 aromatic heterocycles. The van der Waals surface area contributed by atoms with Gasteiger partial charge in [0.2, 0.25) is 0 Å². The summed E-state index contributed by atoms with van der Waals surface area (Å²) in [5.41, 5.74) is -3.96. The summed E-state index contributed by atoms with van der Waals surface area (Å²) in [6.07, 6.45) is 18.8. The SMILES string of the molecule is CCCCCCCCCCCCCCCCCCCC(=O)O[C@]12[C@H]3[C@@H](OC(=O)c4ccccc4)[C@](O)(C[C@H]3[C@@]34C5[C@@H]1[C@H](OC)[C@@H]3[C@@](COC)(CC[C@@H]4OC)CN5C)[C@@H](OC)[C@@H]2O. The Morgan fingerprint density at radius 1 is 0.774 bits per heavy atom. The van der Waals surface area contributed by atoms with Gasteiger partial charge in [0.1, 0.15) is 23.9 Å². The van der Waals surface area contributed by atoms with Crippen molar-refractivity contribution in [2.24, 2.45) is 34.5 Å². The minimum absolute atomic E-state index is 0.109. The smallest absolute Gasteiger partial charge is 0.338 e. The third-order valence-corrected chi connectivity index (χ3v) is 17.2. The molecule has 1 saturated heterocycles. The lowest BCUT2D eigenvalue weighted by atomic mass is 9.43. The second-order valence-electron chi connectivity index (χ2n) is 20.5. The van der Waals surface area contributed by atoms with Gasteiger partial charge in [-0.2, -0.15) is 0 Å². The summed E-state index contributed by atoms with van der Waals surface area (Å²) in [6.45, 7) is 3.52. The summed E-state index contributed by atoms with van der Waals surface area (Å²) >= 11 is 0. The molecule has 7 bridgehead atoms. The lowest BCUT2D eigenvalue weighted by Crippen LogP contribution is -2.80. The largest absolute Gasteiger partial charge is 0.455 e. The maximum absolute atomic E-state index is 14.5. The fourth-order valence-corrected chi connectivity index (χ4v) is 15.2. The summed E-state index contributed by atoms with van der Waals surface area (Å²) < 4.78 is 38.9. The minimum atomic E-state index is -1.77. The van der Waals surface area contributed by atoms with E-state index >= 15 is 0 Å². The fourth-order valence-electron chi connectivity index (χ4n) is 15.2. The van der Waals surface area contributed by atoms with Crippen molar-refractivity contribution >= 4 is 11.9 Å². The van der Waals surface area contributed by atoms with E-state index in [-0.39, 0.29) is 42.2 Å². The van der Waals surface area contributed by atoms with Crippen molar-refractivity contribution in [3.63, 3.8) is 0 Å². The third kappa shape index (κ3) is 8.12. The van der Waals surface area contributed by atoms with Crippen molar-refractivity contribution in [3.8, 4) is 0 Å². The Hall–Kier alpha value is -2.12. The van der Waals surface area contributed by atoms with Crippen LogP contribution in [0, 0.1) is 34.5 Å². The summed E-state index contributed by atoms with van der Waals surface area (Å²) in [5, 5.41) is 26.0. The number of nitrogens with zero attached hydrogens (tertiary/aromatic N) is 1. The van der Waals surface area contributed by atoms with Gasteiger partial charge in [0.15, 0.2) is 5.60 Å². The molecule has 5 saturated carbocycles. The van der Waals surface area contributed by atoms with Crippen molar-refractivity contribution < 1.29 is 48.2 Å². The predicted molar refractivity (Wildman–Crippen MR) is 238 cm³/mol. The molecule has 1 spiro atoms. The highest BCUT2D eigenvalue weighted by Gasteiger charge is 2.91. The average molecular weight is 868 g/mol. The van der Waals surface area contributed by atoms with E-state index in [4.69, 9.17) is 28.4 Å². The first-order chi connectivity index (χ1) is 30.1. The molecule has 0 radical (unpaired) electrons. The number of ether oxygens (including phenoxy) is 6. The van der Waals surface area contributed by atoms with E-state index in [1.807, 2.05) is 6.07 Å². The summed E-state index contributed by atoms with van der Waals surface area (Å²) in [6, 6.07) is 8.54. The van der Waals surface area contributed by atoms with Crippen LogP contribution in [0.1, 0.15) is 152 Å². The van der Waals surface area contributed by atoms with E-state index in [9.17, 15) is 19.8 Å². The number of aliphatic hydroxyl groups is 2. The van der Waals surface area contributed by atoms with Crippen LogP contribution < -0.4 is 0 Å². The number of aliphatic hydroxyl groups excluding tert-OH is 1. The van der Waals surface area contributed by atoms with E-state index in [2.05, 4.69) is 18.9 Å². The predicted octanol–water partition coefficient (Wildman–Crippen LogP) is 8.31. The van der Waals surface area contributed by atoms with Crippen LogP contribution in [-0.2, 0) is 33.2 Å². The number of methoxy groups -OCH3 is 4. The molecule has 11 heteroatoms. The van der Waals surface area contributed by atoms with E-state index in [0.29, 0.717) is 18.6 Å². The van der Waals surface area contributed by atoms with Crippen LogP contribution in [0.15, 0.2) is 30.3 Å². The molecule has 0 amide bonds. The van der Waals surface area contributed by atoms with Gasteiger partial charge < -0.3 is 43.5 Å². The molecule has 1 aliphatic heterocycles. The quantitative estimate of drug-likeness (QED) is 0.0689. The number of unbranched alkanes of at least 4 members (excludes halogenated alkanes) is 16. The van der Waals surface area contributed by atoms with Gasteiger partial charge in [-0.05, 0) is 50.8 Å². The maximum atomic E-state index is 14.5. The second kappa shape index (κ2) is 20.6. The summed E-state index contributed by atoms with van der Waals surface area (Å²) in [5.74, 6) is -2.78. The number of carbonyl (C=O) groups excluding carboxylic acids is 2. The molecule has 62 heavy (non-hydrogen) atoms. The molecule has 2 N–H and O–H groups in total. The first-order valence-corrected chi connectivity index (χ1v) is 24.7. The van der Waals surface area contributed by atoms with Gasteiger partial charge in [-0.15, -0.1) is 0 Å². The molecule has 1 heterocycles. The van der Waals surface area contributed by atoms with Crippen molar-refractivity contribution in [2.75, 3.05) is 48.6 Å². The van der Waals surface area contributed by atoms with Crippen LogP contribution in [0.2, 0.25) is 0 Å². The molecule has 1 unspecified atom stereocenters. The highest BCUT2D eigenvalue weighted by atomic mass is 16.6. The number of piperidine rings is 1. The number of carbonyl (C=O) groups is 2. The van der Waals surface area contributed by atoms with Crippen molar-refractivity contribution in [3.05, 3.63) is 35.9 Å². The van der Waals surface area contributed by atoms with E-state index in [1.54, 1.807) is 45.6 Å². The Balaban J connectivity index is 1.09. The summed E-state index contributed by atoms with van der Waals surface area (Å²) in [4.78, 5) is 31.0. The number of likely N-dealkylation sites (tertiary alicyclic amines) is 1. The average Bonchev–Trinajstić information content (AvgIpc) is 3.66. The Morgan fingerprint density at radius 3 is 1.92 bits per heavy atom. The number of esters is 2. The van der Waals surface area contributed by atoms with E-state index in [1.165, 1.54) is 90.6 Å². The van der Waals surface area contributed by atoms with E-state index < -0.39 is 64.8 Å². The standard InChI is InChI=1S/C51H81NO10/c1-7-8-9-10-11-12-13-14-15-16-17-18-19-20-21-22-26-29-38(53)62-51-39-36(32-49(56,46(60-6)44(51)54)45(39)61-47(55)35-27-24-23-25-28-35)50-37(58-4)30-31-48(34-57-3)33-52(2)43(50)40(51)41(59-5)42(48)50/h23-25,27-28,36-37,39-46,54,56H,7-22,26,29-34H2,1-6H3/t36-,37+,39-,40+,41+,42-,43?,44+,45-,46+,48+,49-,50+,51-/m1/s1. The Morgan fingerprint density at radius 2 is 1.37 bits per heavy atom. The monoisotopic (exact) mass is 868 g/mol. The molecule has 11 nitrogen and oxygen atoms in total. The van der Waals surface area contributed by atoms with Crippen LogP contribution in [-0.4, -0.2) is 123 Å². The fraction of sp³-hybridized carbons (Fsp3) is 0.843. The van der Waals surface area contributed by atoms with Gasteiger partial charge >= 0.3 is 11.9 Å². The highest BCUT2D eigenvalue weighted by Crippen LogP contribution is 2.80. The van der Waals surface area contributed by atoms with Gasteiger partial charge in [-0.1, -0.05) is 128 Å². The van der Waals surface area contributed by atoms with Crippen molar-refractivity contribution in [1.82, 2.24) is 4.90 Å². The molecule has 350 valence electrons. The number of rotatable bonds is 26. The number of hydrogen-bond acceptors (Lipinski definition) is 11. The normalized spacial score (nSPS) is 38.9. The van der Waals surface area contributed by atoms with Crippen LogP contribution in [0.3, 0.4) is 0 Å². The molecular formula is C51H81NO10. The zero-order valence-corrected chi connectivity index (χ0v) is 39.0. The van der Waals surface area contributed by atoms with Gasteiger partial charge in [-0.3, -0.25) is 4.79 Å². The number of hydrogen-bond donors (Lipinski definition) is 2. The Bertz CT molecular complexity index is 1610. The van der Waals surface area contributed by atoms with Crippen LogP contribution in [0.4, 0.5) is 0 Å². The Labute approximate surface area is 372 Å². The zero-order chi connectivity index (χ0) is 44.1. The molecule has 14 atom stereocenters. The number of benzene rings is 1.